The summed E-state index contributed by atoms with van der Waals surface area (Å²) in [5.41, 5.74) is 1.98. The van der Waals surface area contributed by atoms with Gasteiger partial charge < -0.3 is 9.84 Å². The molecule has 1 amide bonds. The largest absolute Gasteiger partial charge is 0.354 e. The fourth-order valence-corrected chi connectivity index (χ4v) is 4.74. The van der Waals surface area contributed by atoms with Crippen LogP contribution >= 0.6 is 11.3 Å². The number of nitrogens with zero attached hydrogens (tertiary/aromatic N) is 1. The summed E-state index contributed by atoms with van der Waals surface area (Å²) >= 11 is 1.14. The first-order valence-corrected chi connectivity index (χ1v) is 11.3. The van der Waals surface area contributed by atoms with Gasteiger partial charge in [0.05, 0.1) is 0 Å². The molecule has 2 N–H and O–H groups in total. The number of rotatable bonds is 8. The van der Waals surface area contributed by atoms with E-state index in [9.17, 15) is 13.2 Å². The first kappa shape index (κ1) is 21.0. The molecule has 2 aromatic heterocycles. The Hall–Kier alpha value is -2.75. The summed E-state index contributed by atoms with van der Waals surface area (Å²) in [5, 5.41) is 6.63. The van der Waals surface area contributed by atoms with Crippen molar-refractivity contribution in [3.05, 3.63) is 64.4 Å². The number of amides is 1. The Morgan fingerprint density at radius 1 is 1.17 bits per heavy atom. The molecule has 0 aliphatic heterocycles. The monoisotopic (exact) mass is 431 g/mol. The maximum atomic E-state index is 12.5. The summed E-state index contributed by atoms with van der Waals surface area (Å²) in [6.45, 7) is 3.72. The summed E-state index contributed by atoms with van der Waals surface area (Å²) in [6.07, 6.45) is 3.73. The van der Waals surface area contributed by atoms with E-state index < -0.39 is 10.0 Å². The third kappa shape index (κ3) is 5.41. The van der Waals surface area contributed by atoms with E-state index in [1.54, 1.807) is 38.1 Å². The number of nitrogens with one attached hydrogen (secondary N) is 2. The molecular formula is C20H21N3O4S2. The highest BCUT2D eigenvalue weighted by Crippen LogP contribution is 2.26. The van der Waals surface area contributed by atoms with Gasteiger partial charge in [-0.05, 0) is 36.8 Å². The van der Waals surface area contributed by atoms with Crippen LogP contribution in [0.2, 0.25) is 0 Å². The molecule has 0 bridgehead atoms. The number of thiophene rings is 1. The van der Waals surface area contributed by atoms with Gasteiger partial charge in [-0.15, -0.1) is 11.3 Å². The number of hydrogen-bond donors (Lipinski definition) is 2. The lowest BCUT2D eigenvalue weighted by Crippen LogP contribution is -2.22. The van der Waals surface area contributed by atoms with Crippen molar-refractivity contribution in [2.45, 2.75) is 31.0 Å². The van der Waals surface area contributed by atoms with E-state index in [4.69, 9.17) is 4.52 Å². The van der Waals surface area contributed by atoms with Gasteiger partial charge in [-0.1, -0.05) is 42.4 Å². The Labute approximate surface area is 173 Å². The Balaban J connectivity index is 1.71. The van der Waals surface area contributed by atoms with Crippen molar-refractivity contribution in [3.8, 4) is 0 Å². The number of carbonyl (C=O) groups is 1. The van der Waals surface area contributed by atoms with E-state index in [-0.39, 0.29) is 16.7 Å². The van der Waals surface area contributed by atoms with E-state index in [1.165, 1.54) is 0 Å². The van der Waals surface area contributed by atoms with Crippen molar-refractivity contribution in [2.75, 3.05) is 5.32 Å². The molecule has 2 heterocycles. The van der Waals surface area contributed by atoms with Crippen LogP contribution in [0.5, 0.6) is 0 Å². The summed E-state index contributed by atoms with van der Waals surface area (Å²) in [7, 11) is -3.60. The molecule has 1 aromatic carbocycles. The maximum absolute atomic E-state index is 12.5. The van der Waals surface area contributed by atoms with Crippen LogP contribution in [0.15, 0.2) is 51.2 Å². The zero-order valence-corrected chi connectivity index (χ0v) is 17.6. The summed E-state index contributed by atoms with van der Waals surface area (Å²) in [5.74, 6) is 0.268. The minimum Gasteiger partial charge on any atom is -0.354 e. The molecule has 29 heavy (non-hydrogen) atoms. The van der Waals surface area contributed by atoms with Crippen molar-refractivity contribution in [3.63, 3.8) is 0 Å². The van der Waals surface area contributed by atoms with Gasteiger partial charge >= 0.3 is 0 Å². The standard InChI is InChI=1S/C20H21N3O4S2/c1-3-18(24)22-20-14(2)23-27-17(20)11-9-16-10-12-19(28-16)29(25,26)21-13-15-7-5-4-6-8-15/h4-12,21H,3,13H2,1-2H3,(H,22,24). The molecule has 0 radical (unpaired) electrons. The Bertz CT molecular complexity index is 1120. The van der Waals surface area contributed by atoms with Crippen molar-refractivity contribution in [1.82, 2.24) is 9.88 Å². The molecule has 0 aliphatic carbocycles. The molecule has 9 heteroatoms. The van der Waals surface area contributed by atoms with Crippen LogP contribution in [0.4, 0.5) is 5.69 Å². The fraction of sp³-hybridized carbons (Fsp3) is 0.200. The average Bonchev–Trinajstić information content (AvgIpc) is 3.34. The second kappa shape index (κ2) is 9.17. The number of carbonyl (C=O) groups excluding carboxylic acids is 1. The molecule has 0 aliphatic rings. The molecular weight excluding hydrogens is 410 g/mol. The van der Waals surface area contributed by atoms with Gasteiger partial charge in [0, 0.05) is 17.8 Å². The molecule has 0 atom stereocenters. The quantitative estimate of drug-likeness (QED) is 0.560. The Morgan fingerprint density at radius 3 is 2.66 bits per heavy atom. The second-order valence-electron chi connectivity index (χ2n) is 6.21. The van der Waals surface area contributed by atoms with Crippen LogP contribution < -0.4 is 10.0 Å². The van der Waals surface area contributed by atoms with Crippen LogP contribution in [0.3, 0.4) is 0 Å². The molecule has 3 aromatic rings. The van der Waals surface area contributed by atoms with E-state index >= 15 is 0 Å². The second-order valence-corrected chi connectivity index (χ2v) is 9.32. The molecule has 0 saturated carbocycles. The molecule has 0 unspecified atom stereocenters. The topological polar surface area (TPSA) is 101 Å². The molecule has 0 fully saturated rings. The predicted octanol–water partition coefficient (Wildman–Crippen LogP) is 4.04. The van der Waals surface area contributed by atoms with Crippen LogP contribution in [0.25, 0.3) is 12.2 Å². The van der Waals surface area contributed by atoms with E-state index in [1.807, 2.05) is 30.3 Å². The molecule has 7 nitrogen and oxygen atoms in total. The average molecular weight is 432 g/mol. The van der Waals surface area contributed by atoms with Gasteiger partial charge in [-0.2, -0.15) is 0 Å². The highest BCUT2D eigenvalue weighted by atomic mass is 32.2. The summed E-state index contributed by atoms with van der Waals surface area (Å²) < 4.78 is 33.1. The lowest BCUT2D eigenvalue weighted by atomic mass is 10.2. The first-order chi connectivity index (χ1) is 13.9. The molecule has 0 spiro atoms. The van der Waals surface area contributed by atoms with Gasteiger partial charge in [0.25, 0.3) is 0 Å². The van der Waals surface area contributed by atoms with Crippen molar-refractivity contribution in [2.24, 2.45) is 0 Å². The third-order valence-electron chi connectivity index (χ3n) is 4.05. The third-order valence-corrected chi connectivity index (χ3v) is 6.99. The Kier molecular flexibility index (Phi) is 6.63. The Morgan fingerprint density at radius 2 is 1.93 bits per heavy atom. The summed E-state index contributed by atoms with van der Waals surface area (Å²) in [4.78, 5) is 12.4. The van der Waals surface area contributed by atoms with Crippen molar-refractivity contribution >= 4 is 45.1 Å². The van der Waals surface area contributed by atoms with Gasteiger partial charge in [-0.3, -0.25) is 4.79 Å². The predicted molar refractivity (Wildman–Crippen MR) is 114 cm³/mol. The van der Waals surface area contributed by atoms with E-state index in [0.29, 0.717) is 23.6 Å². The minimum atomic E-state index is -3.60. The minimum absolute atomic E-state index is 0.139. The lowest BCUT2D eigenvalue weighted by molar-refractivity contribution is -0.115. The number of hydrogen-bond acceptors (Lipinski definition) is 6. The highest BCUT2D eigenvalue weighted by molar-refractivity contribution is 7.91. The van der Waals surface area contributed by atoms with Crippen molar-refractivity contribution < 1.29 is 17.7 Å². The van der Waals surface area contributed by atoms with E-state index in [2.05, 4.69) is 15.2 Å². The molecule has 152 valence electrons. The fourth-order valence-electron chi connectivity index (χ4n) is 2.45. The van der Waals surface area contributed by atoms with Gasteiger partial charge in [0.1, 0.15) is 15.6 Å². The first-order valence-electron chi connectivity index (χ1n) is 8.96. The van der Waals surface area contributed by atoms with Crippen LogP contribution in [0, 0.1) is 6.92 Å². The molecule has 3 rings (SSSR count). The van der Waals surface area contributed by atoms with Gasteiger partial charge in [0.15, 0.2) is 5.76 Å². The SMILES string of the molecule is CCC(=O)Nc1c(C)noc1C=Cc1ccc(S(=O)(=O)NCc2ccccc2)s1. The van der Waals surface area contributed by atoms with Gasteiger partial charge in [-0.25, -0.2) is 13.1 Å². The maximum Gasteiger partial charge on any atom is 0.250 e. The van der Waals surface area contributed by atoms with Crippen LogP contribution in [0.1, 0.15) is 35.2 Å². The highest BCUT2D eigenvalue weighted by Gasteiger charge is 2.17. The number of aryl methyl sites for hydroxylation is 1. The zero-order chi connectivity index (χ0) is 20.9. The van der Waals surface area contributed by atoms with Crippen molar-refractivity contribution in [1.29, 1.82) is 0 Å². The lowest BCUT2D eigenvalue weighted by Gasteiger charge is -2.04. The molecule has 0 saturated heterocycles. The number of sulfonamides is 1. The number of benzene rings is 1. The smallest absolute Gasteiger partial charge is 0.250 e. The normalized spacial score (nSPS) is 11.8. The van der Waals surface area contributed by atoms with Crippen LogP contribution in [-0.2, 0) is 21.4 Å². The van der Waals surface area contributed by atoms with Crippen LogP contribution in [-0.4, -0.2) is 19.5 Å². The summed E-state index contributed by atoms with van der Waals surface area (Å²) in [6, 6.07) is 12.6. The zero-order valence-electron chi connectivity index (χ0n) is 16.0. The number of anilines is 1. The number of aromatic nitrogens is 1. The van der Waals surface area contributed by atoms with E-state index in [0.717, 1.165) is 21.8 Å². The van der Waals surface area contributed by atoms with Gasteiger partial charge in [0.2, 0.25) is 15.9 Å².